The minimum Gasteiger partial charge on any atom is -0.323 e. The predicted molar refractivity (Wildman–Crippen MR) is 124 cm³/mol. The monoisotopic (exact) mass is 459 g/mol. The molecule has 0 spiro atoms. The van der Waals surface area contributed by atoms with Crippen molar-refractivity contribution in [2.24, 2.45) is 0 Å². The summed E-state index contributed by atoms with van der Waals surface area (Å²) in [4.78, 5) is 19.7. The predicted octanol–water partition coefficient (Wildman–Crippen LogP) is 5.68. The molecule has 0 bridgehead atoms. The molecule has 150 valence electrons. The van der Waals surface area contributed by atoms with Gasteiger partial charge in [0.25, 0.3) is 0 Å². The second-order valence-corrected chi connectivity index (χ2v) is 8.83. The molecule has 2 heterocycles. The van der Waals surface area contributed by atoms with Crippen molar-refractivity contribution >= 4 is 38.6 Å². The molecule has 5 heteroatoms. The molecule has 1 fully saturated rings. The van der Waals surface area contributed by atoms with E-state index < -0.39 is 0 Å². The Kier molecular flexibility index (Phi) is 4.91. The molecule has 1 aromatic heterocycles. The Morgan fingerprint density at radius 1 is 1.03 bits per heavy atom. The molecule has 4 nitrogen and oxygen atoms in total. The number of carbonyl (C=O) groups excluding carboxylic acids is 1. The van der Waals surface area contributed by atoms with E-state index in [9.17, 15) is 4.79 Å². The summed E-state index contributed by atoms with van der Waals surface area (Å²) in [6.07, 6.45) is 0.479. The van der Waals surface area contributed by atoms with E-state index in [1.165, 1.54) is 11.1 Å². The summed E-state index contributed by atoms with van der Waals surface area (Å²) in [6.45, 7) is 3.51. The molecule has 4 aromatic rings. The summed E-state index contributed by atoms with van der Waals surface area (Å²) in [6, 6.07) is 24.7. The molecule has 3 aromatic carbocycles. The summed E-state index contributed by atoms with van der Waals surface area (Å²) in [5.74, 6) is 1.21. The molecule has 0 N–H and O–H groups in total. The fourth-order valence-corrected chi connectivity index (χ4v) is 4.58. The number of hydrogen-bond acceptors (Lipinski definition) is 2. The first-order valence-corrected chi connectivity index (χ1v) is 10.9. The maximum absolute atomic E-state index is 12.9. The highest BCUT2D eigenvalue weighted by Gasteiger charge is 2.34. The molecule has 30 heavy (non-hydrogen) atoms. The Morgan fingerprint density at radius 3 is 2.63 bits per heavy atom. The Bertz CT molecular complexity index is 1230. The highest BCUT2D eigenvalue weighted by molar-refractivity contribution is 9.10. The lowest BCUT2D eigenvalue weighted by atomic mass is 10.1. The molecular formula is C25H22BrN3O. The van der Waals surface area contributed by atoms with Crippen LogP contribution >= 0.6 is 15.9 Å². The van der Waals surface area contributed by atoms with E-state index in [1.807, 2.05) is 35.2 Å². The fraction of sp³-hybridized carbons (Fsp3) is 0.200. The molecule has 1 saturated heterocycles. The van der Waals surface area contributed by atoms with E-state index >= 15 is 0 Å². The van der Waals surface area contributed by atoms with Gasteiger partial charge in [0.15, 0.2) is 0 Å². The number of benzene rings is 3. The minimum absolute atomic E-state index is 0.0679. The van der Waals surface area contributed by atoms with Crippen LogP contribution in [0.25, 0.3) is 11.0 Å². The molecule has 1 unspecified atom stereocenters. The van der Waals surface area contributed by atoms with Gasteiger partial charge in [0, 0.05) is 35.6 Å². The first-order valence-electron chi connectivity index (χ1n) is 10.1. The summed E-state index contributed by atoms with van der Waals surface area (Å²) < 4.78 is 3.29. The number of para-hydroxylation sites is 2. The number of rotatable bonds is 4. The molecule has 1 aliphatic rings. The minimum atomic E-state index is 0.0679. The van der Waals surface area contributed by atoms with Gasteiger partial charge in [0.1, 0.15) is 5.82 Å². The highest BCUT2D eigenvalue weighted by atomic mass is 79.9. The van der Waals surface area contributed by atoms with E-state index in [0.717, 1.165) is 33.6 Å². The zero-order valence-corrected chi connectivity index (χ0v) is 18.3. The molecule has 1 aliphatic heterocycles. The van der Waals surface area contributed by atoms with Crippen LogP contribution in [-0.4, -0.2) is 22.0 Å². The average molecular weight is 460 g/mol. The smallest absolute Gasteiger partial charge is 0.227 e. The van der Waals surface area contributed by atoms with Crippen molar-refractivity contribution in [3.05, 3.63) is 94.2 Å². The molecule has 5 rings (SSSR count). The fourth-order valence-electron chi connectivity index (χ4n) is 4.32. The number of nitrogens with zero attached hydrogens (tertiary/aromatic N) is 3. The van der Waals surface area contributed by atoms with E-state index in [2.05, 4.69) is 69.9 Å². The van der Waals surface area contributed by atoms with Gasteiger partial charge in [-0.15, -0.1) is 0 Å². The Labute approximate surface area is 184 Å². The Hall–Kier alpha value is -2.92. The number of fused-ring (bicyclic) bond motifs is 1. The van der Waals surface area contributed by atoms with Gasteiger partial charge in [-0.1, -0.05) is 57.9 Å². The van der Waals surface area contributed by atoms with Crippen LogP contribution in [0.5, 0.6) is 0 Å². The van der Waals surface area contributed by atoms with Crippen LogP contribution in [0.15, 0.2) is 77.3 Å². The van der Waals surface area contributed by atoms with Crippen molar-refractivity contribution in [1.82, 2.24) is 9.55 Å². The third-order valence-corrected chi connectivity index (χ3v) is 6.26. The Morgan fingerprint density at radius 2 is 1.83 bits per heavy atom. The molecule has 0 saturated carbocycles. The van der Waals surface area contributed by atoms with Crippen molar-refractivity contribution in [3.63, 3.8) is 0 Å². The third-order valence-electron chi connectivity index (χ3n) is 5.74. The van der Waals surface area contributed by atoms with Gasteiger partial charge in [0.2, 0.25) is 5.91 Å². The lowest BCUT2D eigenvalue weighted by Crippen LogP contribution is -2.24. The van der Waals surface area contributed by atoms with Gasteiger partial charge in [-0.25, -0.2) is 4.98 Å². The number of anilines is 1. The Balaban J connectivity index is 1.52. The number of aromatic nitrogens is 2. The largest absolute Gasteiger partial charge is 0.323 e. The average Bonchev–Trinajstić information content (AvgIpc) is 3.30. The number of amides is 1. The maximum Gasteiger partial charge on any atom is 0.227 e. The van der Waals surface area contributed by atoms with Gasteiger partial charge in [0.05, 0.1) is 11.0 Å². The molecule has 1 atom stereocenters. The summed E-state index contributed by atoms with van der Waals surface area (Å²) in [5, 5.41) is 0. The number of hydrogen-bond donors (Lipinski definition) is 0. The normalized spacial score (nSPS) is 16.5. The summed E-state index contributed by atoms with van der Waals surface area (Å²) >= 11 is 3.47. The molecule has 1 amide bonds. The lowest BCUT2D eigenvalue weighted by Gasteiger charge is -2.17. The van der Waals surface area contributed by atoms with Gasteiger partial charge >= 0.3 is 0 Å². The van der Waals surface area contributed by atoms with Gasteiger partial charge in [-0.2, -0.15) is 0 Å². The van der Waals surface area contributed by atoms with Gasteiger partial charge in [-0.3, -0.25) is 4.79 Å². The van der Waals surface area contributed by atoms with E-state index in [1.54, 1.807) is 0 Å². The van der Waals surface area contributed by atoms with E-state index in [0.29, 0.717) is 13.0 Å². The van der Waals surface area contributed by atoms with Crippen LogP contribution in [0.3, 0.4) is 0 Å². The maximum atomic E-state index is 12.9. The van der Waals surface area contributed by atoms with E-state index in [-0.39, 0.29) is 11.8 Å². The topological polar surface area (TPSA) is 38.1 Å². The number of halogens is 1. The second kappa shape index (κ2) is 7.73. The van der Waals surface area contributed by atoms with Crippen LogP contribution in [0.2, 0.25) is 0 Å². The third kappa shape index (κ3) is 3.54. The van der Waals surface area contributed by atoms with Gasteiger partial charge in [-0.05, 0) is 48.9 Å². The van der Waals surface area contributed by atoms with E-state index in [4.69, 9.17) is 4.98 Å². The standard InChI is InChI=1S/C25H22BrN3O/c1-17-5-4-6-18(13-17)15-29-23-8-3-2-7-22(23)27-25(29)19-14-24(30)28(16-19)21-11-9-20(26)10-12-21/h2-13,19H,14-16H2,1H3. The summed E-state index contributed by atoms with van der Waals surface area (Å²) in [7, 11) is 0. The van der Waals surface area contributed by atoms with Crippen molar-refractivity contribution in [2.75, 3.05) is 11.4 Å². The van der Waals surface area contributed by atoms with Crippen LogP contribution in [0.1, 0.15) is 29.3 Å². The first-order chi connectivity index (χ1) is 14.6. The second-order valence-electron chi connectivity index (χ2n) is 7.92. The van der Waals surface area contributed by atoms with Crippen LogP contribution < -0.4 is 4.90 Å². The number of carbonyl (C=O) groups is 1. The lowest BCUT2D eigenvalue weighted by molar-refractivity contribution is -0.117. The highest BCUT2D eigenvalue weighted by Crippen LogP contribution is 2.34. The molecular weight excluding hydrogens is 438 g/mol. The quantitative estimate of drug-likeness (QED) is 0.393. The molecule has 0 aliphatic carbocycles. The number of aryl methyl sites for hydroxylation is 1. The van der Waals surface area contributed by atoms with Gasteiger partial charge < -0.3 is 9.47 Å². The van der Waals surface area contributed by atoms with Crippen molar-refractivity contribution < 1.29 is 4.79 Å². The van der Waals surface area contributed by atoms with Crippen molar-refractivity contribution in [2.45, 2.75) is 25.8 Å². The van der Waals surface area contributed by atoms with Crippen molar-refractivity contribution in [1.29, 1.82) is 0 Å². The van der Waals surface area contributed by atoms with Crippen molar-refractivity contribution in [3.8, 4) is 0 Å². The van der Waals surface area contributed by atoms with Crippen LogP contribution in [-0.2, 0) is 11.3 Å². The van der Waals surface area contributed by atoms with Crippen LogP contribution in [0.4, 0.5) is 5.69 Å². The summed E-state index contributed by atoms with van der Waals surface area (Å²) in [5.41, 5.74) is 5.52. The van der Waals surface area contributed by atoms with Crippen LogP contribution in [0, 0.1) is 6.92 Å². The number of imidazole rings is 1. The SMILES string of the molecule is Cc1cccc(Cn2c(C3CC(=O)N(c4ccc(Br)cc4)C3)nc3ccccc32)c1. The zero-order chi connectivity index (χ0) is 20.7. The zero-order valence-electron chi connectivity index (χ0n) is 16.8. The first kappa shape index (κ1) is 19.1. The molecule has 0 radical (unpaired) electrons.